The lowest BCUT2D eigenvalue weighted by Gasteiger charge is -2.17. The number of carbonyl (C=O) groups excluding carboxylic acids is 2. The average Bonchev–Trinajstić information content (AvgIpc) is 2.57. The van der Waals surface area contributed by atoms with E-state index in [1.54, 1.807) is 24.3 Å². The second-order valence-corrected chi connectivity index (χ2v) is 6.13. The van der Waals surface area contributed by atoms with Gasteiger partial charge in [0.1, 0.15) is 0 Å². The first-order valence-electron chi connectivity index (χ1n) is 7.29. The maximum absolute atomic E-state index is 12.6. The van der Waals surface area contributed by atoms with Gasteiger partial charge in [-0.1, -0.05) is 54.6 Å². The van der Waals surface area contributed by atoms with E-state index in [9.17, 15) is 9.59 Å². The number of ketones is 2. The van der Waals surface area contributed by atoms with Gasteiger partial charge in [-0.3, -0.25) is 9.59 Å². The molecule has 0 N–H and O–H groups in total. The summed E-state index contributed by atoms with van der Waals surface area (Å²) in [6, 6.07) is 17.2. The Labute approximate surface area is 138 Å². The monoisotopic (exact) mass is 354 g/mol. The van der Waals surface area contributed by atoms with Crippen molar-refractivity contribution in [2.45, 2.75) is 19.3 Å². The minimum absolute atomic E-state index is 0.0323. The number of hydrogen-bond donors (Lipinski definition) is 0. The quantitative estimate of drug-likeness (QED) is 0.794. The molecule has 0 atom stereocenters. The van der Waals surface area contributed by atoms with Gasteiger partial charge >= 0.3 is 0 Å². The summed E-state index contributed by atoms with van der Waals surface area (Å²) in [6.07, 6.45) is 2.34. The maximum Gasteiger partial charge on any atom is 0.201 e. The van der Waals surface area contributed by atoms with Gasteiger partial charge in [0.25, 0.3) is 0 Å². The summed E-state index contributed by atoms with van der Waals surface area (Å²) in [5.41, 5.74) is 2.85. The van der Waals surface area contributed by atoms with Gasteiger partial charge in [0, 0.05) is 16.7 Å². The van der Waals surface area contributed by atoms with Crippen LogP contribution in [0.2, 0.25) is 0 Å². The molecule has 2 nitrogen and oxygen atoms in total. The molecule has 3 rings (SSSR count). The van der Waals surface area contributed by atoms with E-state index in [0.717, 1.165) is 12.8 Å². The molecular weight excluding hydrogens is 340 g/mol. The SMILES string of the molecule is O=C1C(Br)=C(CCCc2ccccc2)C(=O)c2ccccc21. The number of carbonyl (C=O) groups is 2. The highest BCUT2D eigenvalue weighted by atomic mass is 79.9. The van der Waals surface area contributed by atoms with E-state index >= 15 is 0 Å². The molecule has 0 bridgehead atoms. The average molecular weight is 355 g/mol. The van der Waals surface area contributed by atoms with E-state index < -0.39 is 0 Å². The van der Waals surface area contributed by atoms with Crippen molar-refractivity contribution in [1.82, 2.24) is 0 Å². The normalized spacial score (nSPS) is 14.2. The van der Waals surface area contributed by atoms with Gasteiger partial charge in [0.05, 0.1) is 4.48 Å². The molecule has 110 valence electrons. The molecule has 3 heteroatoms. The molecule has 2 aromatic carbocycles. The Kier molecular flexibility index (Phi) is 4.34. The van der Waals surface area contributed by atoms with Crippen LogP contribution in [0.3, 0.4) is 0 Å². The van der Waals surface area contributed by atoms with Gasteiger partial charge in [0.15, 0.2) is 5.78 Å². The largest absolute Gasteiger partial charge is 0.289 e. The molecule has 0 amide bonds. The second kappa shape index (κ2) is 6.41. The second-order valence-electron chi connectivity index (χ2n) is 5.34. The van der Waals surface area contributed by atoms with Crippen LogP contribution in [0.15, 0.2) is 64.7 Å². The van der Waals surface area contributed by atoms with Crippen LogP contribution in [-0.2, 0) is 6.42 Å². The van der Waals surface area contributed by atoms with Crippen LogP contribution in [0, 0.1) is 0 Å². The van der Waals surface area contributed by atoms with Crippen LogP contribution >= 0.6 is 15.9 Å². The molecule has 0 saturated carbocycles. The minimum Gasteiger partial charge on any atom is -0.289 e. The summed E-state index contributed by atoms with van der Waals surface area (Å²) in [6.45, 7) is 0. The zero-order valence-electron chi connectivity index (χ0n) is 12.0. The molecule has 1 aliphatic rings. The van der Waals surface area contributed by atoms with Crippen molar-refractivity contribution in [3.8, 4) is 0 Å². The molecule has 0 radical (unpaired) electrons. The van der Waals surface area contributed by atoms with Crippen molar-refractivity contribution in [3.63, 3.8) is 0 Å². The van der Waals surface area contributed by atoms with Gasteiger partial charge in [-0.25, -0.2) is 0 Å². The Morgan fingerprint density at radius 3 is 2.00 bits per heavy atom. The predicted molar refractivity (Wildman–Crippen MR) is 90.4 cm³/mol. The fourth-order valence-corrected chi connectivity index (χ4v) is 3.33. The first-order valence-corrected chi connectivity index (χ1v) is 8.09. The highest BCUT2D eigenvalue weighted by molar-refractivity contribution is 9.12. The van der Waals surface area contributed by atoms with Crippen LogP contribution in [0.4, 0.5) is 0 Å². The number of aryl methyl sites for hydroxylation is 1. The number of Topliss-reactive ketones (excluding diaryl/α,β-unsaturated/α-hetero) is 2. The molecule has 2 aromatic rings. The highest BCUT2D eigenvalue weighted by Gasteiger charge is 2.29. The zero-order chi connectivity index (χ0) is 15.5. The minimum atomic E-state index is -0.0927. The van der Waals surface area contributed by atoms with Crippen molar-refractivity contribution >= 4 is 27.5 Å². The number of rotatable bonds is 4. The summed E-state index contributed by atoms with van der Waals surface area (Å²) < 4.78 is 0.421. The van der Waals surface area contributed by atoms with Crippen LogP contribution < -0.4 is 0 Å². The van der Waals surface area contributed by atoms with Crippen molar-refractivity contribution in [2.75, 3.05) is 0 Å². The molecule has 0 saturated heterocycles. The predicted octanol–water partition coefficient (Wildman–Crippen LogP) is 4.74. The topological polar surface area (TPSA) is 34.1 Å². The summed E-state index contributed by atoms with van der Waals surface area (Å²) in [7, 11) is 0. The molecule has 0 unspecified atom stereocenters. The number of halogens is 1. The van der Waals surface area contributed by atoms with Crippen LogP contribution in [-0.4, -0.2) is 11.6 Å². The van der Waals surface area contributed by atoms with Crippen molar-refractivity contribution in [1.29, 1.82) is 0 Å². The third kappa shape index (κ3) is 2.81. The Morgan fingerprint density at radius 1 is 0.727 bits per heavy atom. The van der Waals surface area contributed by atoms with E-state index in [4.69, 9.17) is 0 Å². The van der Waals surface area contributed by atoms with Gasteiger partial charge in [0.2, 0.25) is 5.78 Å². The molecular formula is C19H15BrO2. The molecule has 0 spiro atoms. The van der Waals surface area contributed by atoms with E-state index in [1.807, 2.05) is 18.2 Å². The Morgan fingerprint density at radius 2 is 1.32 bits per heavy atom. The first kappa shape index (κ1) is 14.9. The van der Waals surface area contributed by atoms with Crippen molar-refractivity contribution < 1.29 is 9.59 Å². The van der Waals surface area contributed by atoms with E-state index in [1.165, 1.54) is 5.56 Å². The first-order chi connectivity index (χ1) is 10.7. The molecule has 0 aliphatic heterocycles. The van der Waals surface area contributed by atoms with Gasteiger partial charge < -0.3 is 0 Å². The third-order valence-electron chi connectivity index (χ3n) is 3.89. The van der Waals surface area contributed by atoms with E-state index in [-0.39, 0.29) is 11.6 Å². The molecule has 0 heterocycles. The Bertz CT molecular complexity index is 760. The fourth-order valence-electron chi connectivity index (χ4n) is 2.73. The van der Waals surface area contributed by atoms with Crippen molar-refractivity contribution in [3.05, 3.63) is 81.3 Å². The summed E-state index contributed by atoms with van der Waals surface area (Å²) in [4.78, 5) is 24.9. The zero-order valence-corrected chi connectivity index (χ0v) is 13.6. The number of fused-ring (bicyclic) bond motifs is 1. The van der Waals surface area contributed by atoms with E-state index in [2.05, 4.69) is 28.1 Å². The van der Waals surface area contributed by atoms with Gasteiger partial charge in [-0.15, -0.1) is 0 Å². The number of hydrogen-bond acceptors (Lipinski definition) is 2. The lowest BCUT2D eigenvalue weighted by Crippen LogP contribution is -2.19. The van der Waals surface area contributed by atoms with Crippen molar-refractivity contribution in [2.24, 2.45) is 0 Å². The molecule has 0 aromatic heterocycles. The maximum atomic E-state index is 12.6. The summed E-state index contributed by atoms with van der Waals surface area (Å²) in [5, 5.41) is 0. The van der Waals surface area contributed by atoms with Gasteiger partial charge in [-0.2, -0.15) is 0 Å². The molecule has 1 aliphatic carbocycles. The molecule has 0 fully saturated rings. The lowest BCUT2D eigenvalue weighted by atomic mass is 9.87. The number of allylic oxidation sites excluding steroid dienone is 2. The van der Waals surface area contributed by atoms with Crippen LogP contribution in [0.25, 0.3) is 0 Å². The summed E-state index contributed by atoms with van der Waals surface area (Å²) in [5.74, 6) is -0.125. The Balaban J connectivity index is 1.77. The molecule has 22 heavy (non-hydrogen) atoms. The van der Waals surface area contributed by atoms with E-state index in [0.29, 0.717) is 27.6 Å². The third-order valence-corrected chi connectivity index (χ3v) is 4.73. The van der Waals surface area contributed by atoms with Crippen LogP contribution in [0.5, 0.6) is 0 Å². The van der Waals surface area contributed by atoms with Crippen LogP contribution in [0.1, 0.15) is 39.1 Å². The van der Waals surface area contributed by atoms with Gasteiger partial charge in [-0.05, 0) is 40.8 Å². The summed E-state index contributed by atoms with van der Waals surface area (Å²) >= 11 is 3.33. The fraction of sp³-hybridized carbons (Fsp3) is 0.158. The number of benzene rings is 2. The highest BCUT2D eigenvalue weighted by Crippen LogP contribution is 2.32. The lowest BCUT2D eigenvalue weighted by molar-refractivity contribution is 0.0979. The Hall–Kier alpha value is -2.00. The standard InChI is InChI=1S/C19H15BrO2/c20-17-16(12-6-9-13-7-2-1-3-8-13)18(21)14-10-4-5-11-15(14)19(17)22/h1-5,7-8,10-11H,6,9,12H2. The smallest absolute Gasteiger partial charge is 0.201 e.